The lowest BCUT2D eigenvalue weighted by atomic mass is 9.94. The van der Waals surface area contributed by atoms with Crippen LogP contribution in [-0.4, -0.2) is 58.9 Å². The fraction of sp³-hybridized carbons (Fsp3) is 0.750. The molecular weight excluding hydrogens is 236 g/mol. The van der Waals surface area contributed by atoms with Gasteiger partial charge >= 0.3 is 5.97 Å². The van der Waals surface area contributed by atoms with E-state index in [2.05, 4.69) is 0 Å². The molecular formula is C12H18N2O4. The van der Waals surface area contributed by atoms with Crippen LogP contribution in [0.5, 0.6) is 0 Å². The Kier molecular flexibility index (Phi) is 3.54. The predicted octanol–water partition coefficient (Wildman–Crippen LogP) is -0.0696. The van der Waals surface area contributed by atoms with Crippen LogP contribution in [0, 0.1) is 5.92 Å². The summed E-state index contributed by atoms with van der Waals surface area (Å²) < 4.78 is 0. The molecule has 6 nitrogen and oxygen atoms in total. The van der Waals surface area contributed by atoms with Crippen LogP contribution < -0.4 is 0 Å². The van der Waals surface area contributed by atoms with E-state index in [1.165, 1.54) is 4.90 Å². The minimum atomic E-state index is -0.944. The maximum Gasteiger partial charge on any atom is 0.326 e. The van der Waals surface area contributed by atoms with Crippen LogP contribution in [0.4, 0.5) is 0 Å². The number of hydrogen-bond acceptors (Lipinski definition) is 3. The van der Waals surface area contributed by atoms with Gasteiger partial charge in [0, 0.05) is 32.5 Å². The summed E-state index contributed by atoms with van der Waals surface area (Å²) in [6.45, 7) is 1.07. The summed E-state index contributed by atoms with van der Waals surface area (Å²) in [6.07, 6.45) is 2.08. The molecule has 0 saturated carbocycles. The molecule has 1 N–H and O–H groups in total. The second kappa shape index (κ2) is 4.96. The van der Waals surface area contributed by atoms with Crippen LogP contribution >= 0.6 is 0 Å². The van der Waals surface area contributed by atoms with Crippen molar-refractivity contribution in [2.75, 3.05) is 20.1 Å². The normalized spacial score (nSPS) is 28.6. The number of aliphatic carboxylic acids is 1. The third-order valence-corrected chi connectivity index (χ3v) is 3.83. The molecule has 0 bridgehead atoms. The summed E-state index contributed by atoms with van der Waals surface area (Å²) in [5.74, 6) is -1.49. The first-order chi connectivity index (χ1) is 8.50. The maximum atomic E-state index is 12.3. The topological polar surface area (TPSA) is 77.9 Å². The molecule has 2 atom stereocenters. The van der Waals surface area contributed by atoms with Crippen LogP contribution in [0.1, 0.15) is 25.7 Å². The SMILES string of the molecule is CN1CCC(C(=O)N2CCCC2C(=O)O)CC1=O. The first-order valence-electron chi connectivity index (χ1n) is 6.28. The van der Waals surface area contributed by atoms with Gasteiger partial charge in [-0.3, -0.25) is 9.59 Å². The van der Waals surface area contributed by atoms with E-state index in [-0.39, 0.29) is 24.2 Å². The number of rotatable bonds is 2. The molecule has 0 aromatic rings. The molecule has 2 saturated heterocycles. The number of likely N-dealkylation sites (tertiary alicyclic amines) is 2. The van der Waals surface area contributed by atoms with Gasteiger partial charge in [-0.1, -0.05) is 0 Å². The highest BCUT2D eigenvalue weighted by Crippen LogP contribution is 2.25. The number of piperidine rings is 1. The zero-order valence-corrected chi connectivity index (χ0v) is 10.5. The average molecular weight is 254 g/mol. The number of carboxylic acid groups (broad SMARTS) is 1. The zero-order chi connectivity index (χ0) is 13.3. The van der Waals surface area contributed by atoms with Crippen molar-refractivity contribution in [1.82, 2.24) is 9.80 Å². The average Bonchev–Trinajstić information content (AvgIpc) is 2.81. The van der Waals surface area contributed by atoms with Gasteiger partial charge < -0.3 is 14.9 Å². The molecule has 6 heteroatoms. The van der Waals surface area contributed by atoms with E-state index in [1.807, 2.05) is 0 Å². The Bertz CT molecular complexity index is 382. The van der Waals surface area contributed by atoms with E-state index in [0.29, 0.717) is 25.9 Å². The van der Waals surface area contributed by atoms with Crippen LogP contribution in [0.15, 0.2) is 0 Å². The first-order valence-corrected chi connectivity index (χ1v) is 6.28. The van der Waals surface area contributed by atoms with Crippen molar-refractivity contribution in [2.24, 2.45) is 5.92 Å². The molecule has 2 fully saturated rings. The molecule has 0 aromatic heterocycles. The van der Waals surface area contributed by atoms with E-state index in [1.54, 1.807) is 11.9 Å². The highest BCUT2D eigenvalue weighted by atomic mass is 16.4. The molecule has 0 aliphatic carbocycles. The molecule has 2 aliphatic heterocycles. The summed E-state index contributed by atoms with van der Waals surface area (Å²) >= 11 is 0. The molecule has 2 aliphatic rings. The second-order valence-electron chi connectivity index (χ2n) is 5.03. The van der Waals surface area contributed by atoms with Crippen molar-refractivity contribution in [3.8, 4) is 0 Å². The standard InChI is InChI=1S/C12H18N2O4/c1-13-6-4-8(7-10(13)15)11(16)14-5-2-3-9(14)12(17)18/h8-9H,2-7H2,1H3,(H,17,18). The van der Waals surface area contributed by atoms with E-state index in [9.17, 15) is 14.4 Å². The lowest BCUT2D eigenvalue weighted by molar-refractivity contribution is -0.152. The molecule has 0 aromatic carbocycles. The van der Waals surface area contributed by atoms with Gasteiger partial charge in [0.25, 0.3) is 0 Å². The van der Waals surface area contributed by atoms with Crippen LogP contribution in [0.2, 0.25) is 0 Å². The van der Waals surface area contributed by atoms with Crippen molar-refractivity contribution >= 4 is 17.8 Å². The van der Waals surface area contributed by atoms with Gasteiger partial charge in [0.1, 0.15) is 6.04 Å². The highest BCUT2D eigenvalue weighted by molar-refractivity contribution is 5.89. The van der Waals surface area contributed by atoms with Crippen molar-refractivity contribution in [1.29, 1.82) is 0 Å². The predicted molar refractivity (Wildman–Crippen MR) is 62.7 cm³/mol. The molecule has 100 valence electrons. The molecule has 0 spiro atoms. The lowest BCUT2D eigenvalue weighted by Crippen LogP contribution is -2.47. The largest absolute Gasteiger partial charge is 0.480 e. The summed E-state index contributed by atoms with van der Waals surface area (Å²) in [4.78, 5) is 37.9. The quantitative estimate of drug-likeness (QED) is 0.748. The van der Waals surface area contributed by atoms with Gasteiger partial charge in [-0.15, -0.1) is 0 Å². The summed E-state index contributed by atoms with van der Waals surface area (Å²) in [5, 5.41) is 9.06. The minimum Gasteiger partial charge on any atom is -0.480 e. The van der Waals surface area contributed by atoms with Gasteiger partial charge in [0.15, 0.2) is 0 Å². The van der Waals surface area contributed by atoms with Crippen molar-refractivity contribution in [2.45, 2.75) is 31.7 Å². The number of amides is 2. The Morgan fingerprint density at radius 2 is 2.00 bits per heavy atom. The van der Waals surface area contributed by atoms with Crippen molar-refractivity contribution in [3.05, 3.63) is 0 Å². The highest BCUT2D eigenvalue weighted by Gasteiger charge is 2.39. The minimum absolute atomic E-state index is 0.0364. The molecule has 2 amide bonds. The monoisotopic (exact) mass is 254 g/mol. The lowest BCUT2D eigenvalue weighted by Gasteiger charge is -2.32. The Balaban J connectivity index is 2.03. The Morgan fingerprint density at radius 3 is 2.61 bits per heavy atom. The Labute approximate surface area is 106 Å². The smallest absolute Gasteiger partial charge is 0.326 e. The van der Waals surface area contributed by atoms with E-state index in [0.717, 1.165) is 6.42 Å². The Hall–Kier alpha value is -1.59. The summed E-state index contributed by atoms with van der Waals surface area (Å²) in [5.41, 5.74) is 0. The van der Waals surface area contributed by atoms with Gasteiger partial charge in [-0.25, -0.2) is 4.79 Å². The van der Waals surface area contributed by atoms with Crippen molar-refractivity contribution < 1.29 is 19.5 Å². The fourth-order valence-electron chi connectivity index (χ4n) is 2.68. The number of carbonyl (C=O) groups is 3. The van der Waals surface area contributed by atoms with Gasteiger partial charge in [-0.05, 0) is 19.3 Å². The van der Waals surface area contributed by atoms with Crippen molar-refractivity contribution in [3.63, 3.8) is 0 Å². The van der Waals surface area contributed by atoms with Gasteiger partial charge in [-0.2, -0.15) is 0 Å². The second-order valence-corrected chi connectivity index (χ2v) is 5.03. The fourth-order valence-corrected chi connectivity index (χ4v) is 2.68. The molecule has 2 rings (SSSR count). The van der Waals surface area contributed by atoms with Crippen LogP contribution in [0.3, 0.4) is 0 Å². The van der Waals surface area contributed by atoms with Crippen LogP contribution in [0.25, 0.3) is 0 Å². The van der Waals surface area contributed by atoms with Gasteiger partial charge in [0.2, 0.25) is 11.8 Å². The number of carboxylic acids is 1. The molecule has 2 unspecified atom stereocenters. The van der Waals surface area contributed by atoms with E-state index >= 15 is 0 Å². The first kappa shape index (κ1) is 12.9. The summed E-state index contributed by atoms with van der Waals surface area (Å²) in [6, 6.07) is -0.702. The third kappa shape index (κ3) is 2.32. The summed E-state index contributed by atoms with van der Waals surface area (Å²) in [7, 11) is 1.72. The Morgan fingerprint density at radius 1 is 1.28 bits per heavy atom. The molecule has 2 heterocycles. The van der Waals surface area contributed by atoms with E-state index < -0.39 is 12.0 Å². The number of nitrogens with zero attached hydrogens (tertiary/aromatic N) is 2. The number of hydrogen-bond donors (Lipinski definition) is 1. The third-order valence-electron chi connectivity index (χ3n) is 3.83. The molecule has 0 radical (unpaired) electrons. The maximum absolute atomic E-state index is 12.3. The van der Waals surface area contributed by atoms with Gasteiger partial charge in [0.05, 0.1) is 0 Å². The zero-order valence-electron chi connectivity index (χ0n) is 10.5. The van der Waals surface area contributed by atoms with Crippen LogP contribution in [-0.2, 0) is 14.4 Å². The van der Waals surface area contributed by atoms with E-state index in [4.69, 9.17) is 5.11 Å². The number of carbonyl (C=O) groups excluding carboxylic acids is 2. The molecule has 18 heavy (non-hydrogen) atoms.